The van der Waals surface area contributed by atoms with Crippen LogP contribution in [0.4, 0.5) is 5.69 Å². The van der Waals surface area contributed by atoms with E-state index in [-0.39, 0.29) is 23.1 Å². The van der Waals surface area contributed by atoms with E-state index >= 15 is 0 Å². The Labute approximate surface area is 132 Å². The van der Waals surface area contributed by atoms with Crippen molar-refractivity contribution in [1.29, 1.82) is 0 Å². The van der Waals surface area contributed by atoms with Gasteiger partial charge in [-0.25, -0.2) is 8.42 Å². The SMILES string of the molecule is C=C(C=C(C)C)NC(=O)CNc1ccc(S(=O)(=O)CC)cc1. The van der Waals surface area contributed by atoms with Crippen LogP contribution in [0, 0.1) is 0 Å². The van der Waals surface area contributed by atoms with Crippen LogP contribution >= 0.6 is 0 Å². The number of anilines is 1. The van der Waals surface area contributed by atoms with Gasteiger partial charge in [0.1, 0.15) is 0 Å². The number of hydrogen-bond donors (Lipinski definition) is 2. The van der Waals surface area contributed by atoms with Gasteiger partial charge in [0.15, 0.2) is 9.84 Å². The first-order chi connectivity index (χ1) is 10.2. The second-order valence-corrected chi connectivity index (χ2v) is 7.35. The minimum Gasteiger partial charge on any atom is -0.376 e. The van der Waals surface area contributed by atoms with Crippen LogP contribution in [0.1, 0.15) is 20.8 Å². The molecule has 0 radical (unpaired) electrons. The highest BCUT2D eigenvalue weighted by Crippen LogP contribution is 2.15. The van der Waals surface area contributed by atoms with Gasteiger partial charge in [0.05, 0.1) is 17.2 Å². The Balaban J connectivity index is 2.57. The highest BCUT2D eigenvalue weighted by molar-refractivity contribution is 7.91. The van der Waals surface area contributed by atoms with Crippen molar-refractivity contribution in [3.8, 4) is 0 Å². The average Bonchev–Trinajstić information content (AvgIpc) is 2.44. The molecule has 22 heavy (non-hydrogen) atoms. The molecule has 0 aliphatic heterocycles. The molecule has 120 valence electrons. The fourth-order valence-corrected chi connectivity index (χ4v) is 2.62. The van der Waals surface area contributed by atoms with Gasteiger partial charge in [-0.05, 0) is 44.2 Å². The number of rotatable bonds is 7. The lowest BCUT2D eigenvalue weighted by Gasteiger charge is -2.09. The highest BCUT2D eigenvalue weighted by Gasteiger charge is 2.10. The lowest BCUT2D eigenvalue weighted by molar-refractivity contribution is -0.118. The van der Waals surface area contributed by atoms with E-state index in [4.69, 9.17) is 0 Å². The smallest absolute Gasteiger partial charge is 0.243 e. The van der Waals surface area contributed by atoms with Crippen molar-refractivity contribution >= 4 is 21.4 Å². The summed E-state index contributed by atoms with van der Waals surface area (Å²) in [4.78, 5) is 12.0. The van der Waals surface area contributed by atoms with Crippen LogP contribution in [0.15, 0.2) is 53.1 Å². The summed E-state index contributed by atoms with van der Waals surface area (Å²) in [6.45, 7) is 9.25. The Morgan fingerprint density at radius 2 is 1.82 bits per heavy atom. The van der Waals surface area contributed by atoms with Gasteiger partial charge in [0, 0.05) is 11.4 Å². The Morgan fingerprint density at radius 1 is 1.23 bits per heavy atom. The van der Waals surface area contributed by atoms with Gasteiger partial charge in [0.25, 0.3) is 0 Å². The maximum Gasteiger partial charge on any atom is 0.243 e. The van der Waals surface area contributed by atoms with Crippen molar-refractivity contribution in [3.63, 3.8) is 0 Å². The summed E-state index contributed by atoms with van der Waals surface area (Å²) in [5.41, 5.74) is 2.26. The van der Waals surface area contributed by atoms with Crippen LogP contribution in [-0.4, -0.2) is 26.6 Å². The van der Waals surface area contributed by atoms with E-state index in [0.717, 1.165) is 5.57 Å². The summed E-state index contributed by atoms with van der Waals surface area (Å²) >= 11 is 0. The third-order valence-corrected chi connectivity index (χ3v) is 4.56. The second kappa shape index (κ2) is 7.79. The van der Waals surface area contributed by atoms with Crippen molar-refractivity contribution < 1.29 is 13.2 Å². The quantitative estimate of drug-likeness (QED) is 0.756. The molecule has 0 spiro atoms. The van der Waals surface area contributed by atoms with E-state index in [0.29, 0.717) is 11.4 Å². The van der Waals surface area contributed by atoms with Gasteiger partial charge in [-0.3, -0.25) is 4.79 Å². The fourth-order valence-electron chi connectivity index (χ4n) is 1.74. The molecule has 5 nitrogen and oxygen atoms in total. The first kappa shape index (κ1) is 18.0. The molecule has 0 unspecified atom stereocenters. The van der Waals surface area contributed by atoms with Crippen LogP contribution in [0.25, 0.3) is 0 Å². The first-order valence-electron chi connectivity index (χ1n) is 6.95. The Morgan fingerprint density at radius 3 is 2.32 bits per heavy atom. The highest BCUT2D eigenvalue weighted by atomic mass is 32.2. The van der Waals surface area contributed by atoms with Crippen LogP contribution in [-0.2, 0) is 14.6 Å². The first-order valence-corrected chi connectivity index (χ1v) is 8.60. The molecule has 0 aliphatic rings. The molecule has 0 saturated carbocycles. The molecule has 0 aromatic heterocycles. The lowest BCUT2D eigenvalue weighted by Crippen LogP contribution is -2.28. The predicted octanol–water partition coefficient (Wildman–Crippen LogP) is 2.49. The summed E-state index contributed by atoms with van der Waals surface area (Å²) in [5, 5.41) is 5.59. The van der Waals surface area contributed by atoms with Gasteiger partial charge in [0.2, 0.25) is 5.91 Å². The number of benzene rings is 1. The van der Waals surface area contributed by atoms with Crippen LogP contribution in [0.3, 0.4) is 0 Å². The molecule has 0 bridgehead atoms. The monoisotopic (exact) mass is 322 g/mol. The largest absolute Gasteiger partial charge is 0.376 e. The molecule has 2 N–H and O–H groups in total. The zero-order valence-corrected chi connectivity index (χ0v) is 14.0. The van der Waals surface area contributed by atoms with Crippen LogP contribution in [0.5, 0.6) is 0 Å². The molecule has 0 aliphatic carbocycles. The summed E-state index contributed by atoms with van der Waals surface area (Å²) in [6.07, 6.45) is 1.78. The molecule has 0 heterocycles. The molecule has 1 aromatic rings. The Kier molecular flexibility index (Phi) is 6.37. The lowest BCUT2D eigenvalue weighted by atomic mass is 10.3. The van der Waals surface area contributed by atoms with E-state index in [1.807, 2.05) is 13.8 Å². The number of allylic oxidation sites excluding steroid dienone is 2. The molecule has 1 aromatic carbocycles. The van der Waals surface area contributed by atoms with E-state index in [1.54, 1.807) is 25.1 Å². The topological polar surface area (TPSA) is 75.3 Å². The minimum absolute atomic E-state index is 0.0641. The molecular formula is C16H22N2O3S. The van der Waals surface area contributed by atoms with Gasteiger partial charge < -0.3 is 10.6 Å². The Bertz CT molecular complexity index is 670. The van der Waals surface area contributed by atoms with Crippen molar-refractivity contribution in [3.05, 3.63) is 48.2 Å². The minimum atomic E-state index is -3.20. The number of sulfone groups is 1. The molecule has 0 atom stereocenters. The molecule has 1 amide bonds. The standard InChI is InChI=1S/C16H22N2O3S/c1-5-22(20,21)15-8-6-14(7-9-15)17-11-16(19)18-13(4)10-12(2)3/h6-10,17H,4-5,11H2,1-3H3,(H,18,19). The van der Waals surface area contributed by atoms with E-state index < -0.39 is 9.84 Å². The number of carbonyl (C=O) groups is 1. The average molecular weight is 322 g/mol. The van der Waals surface area contributed by atoms with E-state index in [1.165, 1.54) is 12.1 Å². The molecule has 0 saturated heterocycles. The van der Waals surface area contributed by atoms with Crippen LogP contribution < -0.4 is 10.6 Å². The third kappa shape index (κ3) is 5.73. The normalized spacial score (nSPS) is 10.7. The van der Waals surface area contributed by atoms with E-state index in [9.17, 15) is 13.2 Å². The summed E-state index contributed by atoms with van der Waals surface area (Å²) in [7, 11) is -3.20. The zero-order chi connectivity index (χ0) is 16.8. The number of nitrogens with one attached hydrogen (secondary N) is 2. The van der Waals surface area contributed by atoms with Crippen molar-refractivity contribution in [2.75, 3.05) is 17.6 Å². The predicted molar refractivity (Wildman–Crippen MR) is 89.4 cm³/mol. The van der Waals surface area contributed by atoms with Crippen molar-refractivity contribution in [2.45, 2.75) is 25.7 Å². The molecular weight excluding hydrogens is 300 g/mol. The fraction of sp³-hybridized carbons (Fsp3) is 0.312. The molecule has 1 rings (SSSR count). The van der Waals surface area contributed by atoms with Gasteiger partial charge in [-0.15, -0.1) is 0 Å². The van der Waals surface area contributed by atoms with E-state index in [2.05, 4.69) is 17.2 Å². The third-order valence-electron chi connectivity index (χ3n) is 2.81. The number of carbonyl (C=O) groups excluding carboxylic acids is 1. The summed E-state index contributed by atoms with van der Waals surface area (Å²) < 4.78 is 23.4. The van der Waals surface area contributed by atoms with Crippen LogP contribution in [0.2, 0.25) is 0 Å². The maximum atomic E-state index is 11.7. The molecule has 0 fully saturated rings. The maximum absolute atomic E-state index is 11.7. The van der Waals surface area contributed by atoms with Gasteiger partial charge >= 0.3 is 0 Å². The summed E-state index contributed by atoms with van der Waals surface area (Å²) in [5.74, 6) is -0.151. The Hall–Kier alpha value is -2.08. The van der Waals surface area contributed by atoms with Crippen molar-refractivity contribution in [2.24, 2.45) is 0 Å². The van der Waals surface area contributed by atoms with Crippen molar-refractivity contribution in [1.82, 2.24) is 5.32 Å². The zero-order valence-electron chi connectivity index (χ0n) is 13.1. The second-order valence-electron chi connectivity index (χ2n) is 5.08. The number of amides is 1. The number of hydrogen-bond acceptors (Lipinski definition) is 4. The molecule has 6 heteroatoms. The summed E-state index contributed by atoms with van der Waals surface area (Å²) in [6, 6.07) is 6.34. The van der Waals surface area contributed by atoms with Gasteiger partial charge in [-0.1, -0.05) is 19.1 Å². The van der Waals surface area contributed by atoms with Gasteiger partial charge in [-0.2, -0.15) is 0 Å².